The van der Waals surface area contributed by atoms with E-state index < -0.39 is 0 Å². The minimum atomic E-state index is 0.0443. The van der Waals surface area contributed by atoms with Gasteiger partial charge in [-0.15, -0.1) is 0 Å². The molecular formula is C11H19N3O. The molecule has 1 aromatic rings. The van der Waals surface area contributed by atoms with Crippen LogP contribution in [0.5, 0.6) is 0 Å². The van der Waals surface area contributed by atoms with Crippen molar-refractivity contribution in [2.75, 3.05) is 6.54 Å². The van der Waals surface area contributed by atoms with Gasteiger partial charge in [0.2, 0.25) is 5.91 Å². The number of amides is 1. The quantitative estimate of drug-likeness (QED) is 0.750. The Balaban J connectivity index is 2.37. The van der Waals surface area contributed by atoms with Gasteiger partial charge in [-0.25, -0.2) is 0 Å². The Morgan fingerprint density at radius 1 is 1.60 bits per heavy atom. The Morgan fingerprint density at radius 3 is 2.87 bits per heavy atom. The van der Waals surface area contributed by atoms with Gasteiger partial charge in [-0.1, -0.05) is 13.8 Å². The molecule has 0 atom stereocenters. The molecule has 1 aromatic heterocycles. The molecule has 0 aliphatic heterocycles. The smallest absolute Gasteiger partial charge is 0.239 e. The molecule has 0 bridgehead atoms. The van der Waals surface area contributed by atoms with Gasteiger partial charge in [0, 0.05) is 25.5 Å². The molecule has 0 aliphatic carbocycles. The monoisotopic (exact) mass is 209 g/mol. The summed E-state index contributed by atoms with van der Waals surface area (Å²) < 4.78 is 1.85. The van der Waals surface area contributed by atoms with Crippen LogP contribution in [0, 0.1) is 5.92 Å². The van der Waals surface area contributed by atoms with Crippen LogP contribution >= 0.6 is 0 Å². The van der Waals surface area contributed by atoms with Gasteiger partial charge in [-0.2, -0.15) is 0 Å². The van der Waals surface area contributed by atoms with Gasteiger partial charge in [0.1, 0.15) is 6.54 Å². The fraction of sp³-hybridized carbons (Fsp3) is 0.545. The molecule has 1 rings (SSSR count). The summed E-state index contributed by atoms with van der Waals surface area (Å²) in [4.78, 5) is 11.5. The third-order valence-electron chi connectivity index (χ3n) is 2.08. The Morgan fingerprint density at radius 2 is 2.33 bits per heavy atom. The molecule has 0 fully saturated rings. The zero-order valence-electron chi connectivity index (χ0n) is 9.36. The summed E-state index contributed by atoms with van der Waals surface area (Å²) in [6.45, 7) is 5.75. The summed E-state index contributed by atoms with van der Waals surface area (Å²) in [5, 5.41) is 2.87. The first-order chi connectivity index (χ1) is 7.11. The summed E-state index contributed by atoms with van der Waals surface area (Å²) >= 11 is 0. The average Bonchev–Trinajstić information content (AvgIpc) is 2.62. The van der Waals surface area contributed by atoms with Gasteiger partial charge in [-0.05, 0) is 17.5 Å². The Labute approximate surface area is 90.5 Å². The van der Waals surface area contributed by atoms with Crippen molar-refractivity contribution in [3.8, 4) is 0 Å². The van der Waals surface area contributed by atoms with E-state index in [0.29, 0.717) is 19.0 Å². The van der Waals surface area contributed by atoms with E-state index in [4.69, 9.17) is 5.73 Å². The number of rotatable bonds is 5. The largest absolute Gasteiger partial charge is 0.354 e. The summed E-state index contributed by atoms with van der Waals surface area (Å²) in [5.41, 5.74) is 6.53. The maximum Gasteiger partial charge on any atom is 0.239 e. The number of carbonyl (C=O) groups is 1. The maximum atomic E-state index is 11.5. The molecule has 3 N–H and O–H groups in total. The first kappa shape index (κ1) is 11.8. The SMILES string of the molecule is CC(C)CNC(=O)Cn1ccc(CN)c1. The first-order valence-electron chi connectivity index (χ1n) is 5.23. The highest BCUT2D eigenvalue weighted by Gasteiger charge is 2.03. The van der Waals surface area contributed by atoms with E-state index in [1.807, 2.05) is 23.0 Å². The molecule has 0 unspecified atom stereocenters. The van der Waals surface area contributed by atoms with Crippen molar-refractivity contribution >= 4 is 5.91 Å². The van der Waals surface area contributed by atoms with Crippen LogP contribution in [0.15, 0.2) is 18.5 Å². The van der Waals surface area contributed by atoms with Crippen LogP contribution in [0.25, 0.3) is 0 Å². The average molecular weight is 209 g/mol. The van der Waals surface area contributed by atoms with E-state index in [1.54, 1.807) is 0 Å². The van der Waals surface area contributed by atoms with E-state index >= 15 is 0 Å². The van der Waals surface area contributed by atoms with Crippen LogP contribution in [0.1, 0.15) is 19.4 Å². The molecule has 1 amide bonds. The van der Waals surface area contributed by atoms with Crippen molar-refractivity contribution in [1.82, 2.24) is 9.88 Å². The molecular weight excluding hydrogens is 190 g/mol. The fourth-order valence-electron chi connectivity index (χ4n) is 1.25. The standard InChI is InChI=1S/C11H19N3O/c1-9(2)6-13-11(15)8-14-4-3-10(5-12)7-14/h3-4,7,9H,5-6,8,12H2,1-2H3,(H,13,15). The molecule has 0 saturated heterocycles. The molecule has 4 heteroatoms. The highest BCUT2D eigenvalue weighted by Crippen LogP contribution is 1.99. The molecule has 1 heterocycles. The molecule has 0 saturated carbocycles. The van der Waals surface area contributed by atoms with Gasteiger partial charge in [0.05, 0.1) is 0 Å². The van der Waals surface area contributed by atoms with E-state index in [9.17, 15) is 4.79 Å². The van der Waals surface area contributed by atoms with Gasteiger partial charge >= 0.3 is 0 Å². The number of nitrogens with two attached hydrogens (primary N) is 1. The van der Waals surface area contributed by atoms with Crippen LogP contribution in [-0.4, -0.2) is 17.0 Å². The minimum Gasteiger partial charge on any atom is -0.354 e. The highest BCUT2D eigenvalue weighted by atomic mass is 16.1. The summed E-state index contributed by atoms with van der Waals surface area (Å²) in [5.74, 6) is 0.529. The lowest BCUT2D eigenvalue weighted by Gasteiger charge is -2.07. The van der Waals surface area contributed by atoms with E-state index in [-0.39, 0.29) is 5.91 Å². The van der Waals surface area contributed by atoms with Gasteiger partial charge in [0.25, 0.3) is 0 Å². The predicted octanol–water partition coefficient (Wildman–Crippen LogP) is 0.719. The van der Waals surface area contributed by atoms with Crippen molar-refractivity contribution in [1.29, 1.82) is 0 Å². The number of nitrogens with zero attached hydrogens (tertiary/aromatic N) is 1. The van der Waals surface area contributed by atoms with Crippen LogP contribution in [0.2, 0.25) is 0 Å². The molecule has 15 heavy (non-hydrogen) atoms. The van der Waals surface area contributed by atoms with Crippen LogP contribution in [-0.2, 0) is 17.9 Å². The Kier molecular flexibility index (Phi) is 4.37. The zero-order valence-corrected chi connectivity index (χ0v) is 9.36. The molecule has 84 valence electrons. The molecule has 0 radical (unpaired) electrons. The lowest BCUT2D eigenvalue weighted by molar-refractivity contribution is -0.121. The number of hydrogen-bond acceptors (Lipinski definition) is 2. The van der Waals surface area contributed by atoms with Crippen molar-refractivity contribution in [3.05, 3.63) is 24.0 Å². The Bertz CT molecular complexity index is 317. The third kappa shape index (κ3) is 4.16. The lowest BCUT2D eigenvalue weighted by atomic mass is 10.2. The predicted molar refractivity (Wildman–Crippen MR) is 60.2 cm³/mol. The summed E-state index contributed by atoms with van der Waals surface area (Å²) in [7, 11) is 0. The van der Waals surface area contributed by atoms with Crippen molar-refractivity contribution in [2.45, 2.75) is 26.9 Å². The van der Waals surface area contributed by atoms with Crippen LogP contribution in [0.4, 0.5) is 0 Å². The summed E-state index contributed by atoms with van der Waals surface area (Å²) in [6, 6.07) is 1.93. The van der Waals surface area contributed by atoms with Gasteiger partial charge in [0.15, 0.2) is 0 Å². The molecule has 0 aliphatic rings. The van der Waals surface area contributed by atoms with Gasteiger partial charge in [-0.3, -0.25) is 4.79 Å². The van der Waals surface area contributed by atoms with Crippen LogP contribution in [0.3, 0.4) is 0 Å². The first-order valence-corrected chi connectivity index (χ1v) is 5.23. The summed E-state index contributed by atoms with van der Waals surface area (Å²) in [6.07, 6.45) is 3.77. The van der Waals surface area contributed by atoms with Crippen molar-refractivity contribution < 1.29 is 4.79 Å². The number of carbonyl (C=O) groups excluding carboxylic acids is 1. The van der Waals surface area contributed by atoms with Crippen LogP contribution < -0.4 is 11.1 Å². The molecule has 0 aromatic carbocycles. The van der Waals surface area contributed by atoms with E-state index in [2.05, 4.69) is 19.2 Å². The number of hydrogen-bond donors (Lipinski definition) is 2. The topological polar surface area (TPSA) is 60.0 Å². The highest BCUT2D eigenvalue weighted by molar-refractivity contribution is 5.75. The second kappa shape index (κ2) is 5.56. The molecule has 0 spiro atoms. The normalized spacial score (nSPS) is 10.7. The second-order valence-corrected chi connectivity index (χ2v) is 4.09. The van der Waals surface area contributed by atoms with Crippen molar-refractivity contribution in [3.63, 3.8) is 0 Å². The lowest BCUT2D eigenvalue weighted by Crippen LogP contribution is -2.30. The maximum absolute atomic E-state index is 11.5. The zero-order chi connectivity index (χ0) is 11.3. The van der Waals surface area contributed by atoms with E-state index in [0.717, 1.165) is 12.1 Å². The minimum absolute atomic E-state index is 0.0443. The Hall–Kier alpha value is -1.29. The number of nitrogens with one attached hydrogen (secondary N) is 1. The van der Waals surface area contributed by atoms with Crippen molar-refractivity contribution in [2.24, 2.45) is 11.7 Å². The number of aromatic nitrogens is 1. The molecule has 4 nitrogen and oxygen atoms in total. The fourth-order valence-corrected chi connectivity index (χ4v) is 1.25. The van der Waals surface area contributed by atoms with Gasteiger partial charge < -0.3 is 15.6 Å². The van der Waals surface area contributed by atoms with E-state index in [1.165, 1.54) is 0 Å². The second-order valence-electron chi connectivity index (χ2n) is 4.09. The third-order valence-corrected chi connectivity index (χ3v) is 2.08.